The zero-order valence-corrected chi connectivity index (χ0v) is 9.20. The van der Waals surface area contributed by atoms with Gasteiger partial charge in [0.25, 0.3) is 0 Å². The molecule has 0 aliphatic rings. The van der Waals surface area contributed by atoms with E-state index in [9.17, 15) is 15.0 Å². The van der Waals surface area contributed by atoms with Gasteiger partial charge in [0.2, 0.25) is 5.75 Å². The Labute approximate surface area is 103 Å². The van der Waals surface area contributed by atoms with Crippen LogP contribution in [0.15, 0.2) is 42.5 Å². The van der Waals surface area contributed by atoms with Crippen molar-refractivity contribution in [1.82, 2.24) is 0 Å². The molecule has 0 amide bonds. The minimum atomic E-state index is -0.658. The average molecular weight is 246 g/mol. The highest BCUT2D eigenvalue weighted by molar-refractivity contribution is 5.91. The molecule has 0 aliphatic heterocycles. The molecule has 2 aromatic rings. The summed E-state index contributed by atoms with van der Waals surface area (Å²) >= 11 is 0. The summed E-state index contributed by atoms with van der Waals surface area (Å²) in [6.45, 7) is 0. The number of phenolic OH excluding ortho intramolecular Hbond substituents is 3. The lowest BCUT2D eigenvalue weighted by molar-refractivity contribution is 0.0734. The lowest BCUT2D eigenvalue weighted by atomic mass is 10.2. The number of aromatic hydroxyl groups is 3. The maximum Gasteiger partial charge on any atom is 0.343 e. The molecule has 2 rings (SSSR count). The van der Waals surface area contributed by atoms with E-state index in [0.717, 1.165) is 12.1 Å². The molecule has 0 radical (unpaired) electrons. The second kappa shape index (κ2) is 4.67. The lowest BCUT2D eigenvalue weighted by Crippen LogP contribution is -2.07. The Hall–Kier alpha value is -2.69. The maximum absolute atomic E-state index is 11.7. The molecule has 92 valence electrons. The quantitative estimate of drug-likeness (QED) is 0.428. The van der Waals surface area contributed by atoms with Crippen molar-refractivity contribution in [3.05, 3.63) is 48.0 Å². The van der Waals surface area contributed by atoms with Crippen LogP contribution in [-0.4, -0.2) is 21.3 Å². The van der Waals surface area contributed by atoms with Gasteiger partial charge in [0.15, 0.2) is 11.5 Å². The molecule has 0 aliphatic carbocycles. The third-order valence-electron chi connectivity index (χ3n) is 2.26. The number of carbonyl (C=O) groups excluding carboxylic acids is 1. The SMILES string of the molecule is O=C(Oc1cc(O)c(O)c(O)c1)c1ccccc1. The van der Waals surface area contributed by atoms with E-state index in [1.807, 2.05) is 0 Å². The number of esters is 1. The summed E-state index contributed by atoms with van der Waals surface area (Å²) in [6.07, 6.45) is 0. The Morgan fingerprint density at radius 2 is 1.50 bits per heavy atom. The second-order valence-electron chi connectivity index (χ2n) is 3.57. The van der Waals surface area contributed by atoms with E-state index in [4.69, 9.17) is 9.84 Å². The highest BCUT2D eigenvalue weighted by Crippen LogP contribution is 2.38. The number of benzene rings is 2. The molecule has 0 saturated heterocycles. The zero-order valence-electron chi connectivity index (χ0n) is 9.20. The van der Waals surface area contributed by atoms with Crippen LogP contribution in [0.5, 0.6) is 23.0 Å². The predicted molar refractivity (Wildman–Crippen MR) is 62.8 cm³/mol. The molecule has 0 bridgehead atoms. The van der Waals surface area contributed by atoms with Gasteiger partial charge in [0.1, 0.15) is 5.75 Å². The number of hydrogen-bond donors (Lipinski definition) is 3. The Bertz CT molecular complexity index is 554. The summed E-state index contributed by atoms with van der Waals surface area (Å²) in [7, 11) is 0. The molecule has 5 heteroatoms. The van der Waals surface area contributed by atoms with Gasteiger partial charge in [-0.2, -0.15) is 0 Å². The van der Waals surface area contributed by atoms with Gasteiger partial charge < -0.3 is 20.1 Å². The van der Waals surface area contributed by atoms with Gasteiger partial charge >= 0.3 is 5.97 Å². The monoisotopic (exact) mass is 246 g/mol. The topological polar surface area (TPSA) is 87.0 Å². The van der Waals surface area contributed by atoms with E-state index in [0.29, 0.717) is 5.56 Å². The van der Waals surface area contributed by atoms with Crippen molar-refractivity contribution in [3.8, 4) is 23.0 Å². The van der Waals surface area contributed by atoms with Crippen molar-refractivity contribution >= 4 is 5.97 Å². The van der Waals surface area contributed by atoms with Gasteiger partial charge in [0, 0.05) is 12.1 Å². The minimum Gasteiger partial charge on any atom is -0.504 e. The summed E-state index contributed by atoms with van der Waals surface area (Å²) in [6, 6.07) is 10.3. The molecule has 3 N–H and O–H groups in total. The molecule has 0 fully saturated rings. The zero-order chi connectivity index (χ0) is 13.1. The fourth-order valence-electron chi connectivity index (χ4n) is 1.38. The van der Waals surface area contributed by atoms with Crippen LogP contribution < -0.4 is 4.74 Å². The van der Waals surface area contributed by atoms with Crippen molar-refractivity contribution in [2.45, 2.75) is 0 Å². The smallest absolute Gasteiger partial charge is 0.343 e. The van der Waals surface area contributed by atoms with Crippen molar-refractivity contribution in [3.63, 3.8) is 0 Å². The largest absolute Gasteiger partial charge is 0.504 e. The fraction of sp³-hybridized carbons (Fsp3) is 0. The van der Waals surface area contributed by atoms with E-state index >= 15 is 0 Å². The van der Waals surface area contributed by atoms with Crippen LogP contribution in [0.1, 0.15) is 10.4 Å². The summed E-state index contributed by atoms with van der Waals surface area (Å²) in [5.41, 5.74) is 0.338. The first-order valence-corrected chi connectivity index (χ1v) is 5.10. The number of hydrogen-bond acceptors (Lipinski definition) is 5. The second-order valence-corrected chi connectivity index (χ2v) is 3.57. The number of carbonyl (C=O) groups is 1. The van der Waals surface area contributed by atoms with Crippen LogP contribution >= 0.6 is 0 Å². The van der Waals surface area contributed by atoms with E-state index in [1.165, 1.54) is 0 Å². The van der Waals surface area contributed by atoms with Gasteiger partial charge in [-0.05, 0) is 12.1 Å². The molecule has 18 heavy (non-hydrogen) atoms. The highest BCUT2D eigenvalue weighted by Gasteiger charge is 2.12. The van der Waals surface area contributed by atoms with Crippen LogP contribution in [0, 0.1) is 0 Å². The summed E-state index contributed by atoms with van der Waals surface area (Å²) in [5.74, 6) is -2.47. The molecule has 0 saturated carbocycles. The summed E-state index contributed by atoms with van der Waals surface area (Å²) in [5, 5.41) is 27.7. The van der Waals surface area contributed by atoms with Crippen molar-refractivity contribution in [2.24, 2.45) is 0 Å². The highest BCUT2D eigenvalue weighted by atomic mass is 16.5. The van der Waals surface area contributed by atoms with Gasteiger partial charge in [-0.3, -0.25) is 0 Å². The van der Waals surface area contributed by atoms with Crippen LogP contribution in [0.4, 0.5) is 0 Å². The van der Waals surface area contributed by atoms with E-state index in [1.54, 1.807) is 30.3 Å². The first-order chi connectivity index (χ1) is 8.58. The average Bonchev–Trinajstić information content (AvgIpc) is 2.37. The molecular formula is C13H10O5. The molecule has 0 heterocycles. The Morgan fingerprint density at radius 1 is 0.944 bits per heavy atom. The Morgan fingerprint density at radius 3 is 2.06 bits per heavy atom. The lowest BCUT2D eigenvalue weighted by Gasteiger charge is -2.06. The molecule has 0 spiro atoms. The van der Waals surface area contributed by atoms with Crippen molar-refractivity contribution in [2.75, 3.05) is 0 Å². The van der Waals surface area contributed by atoms with Crippen molar-refractivity contribution < 1.29 is 24.9 Å². The normalized spacial score (nSPS) is 10.0. The number of rotatable bonds is 2. The van der Waals surface area contributed by atoms with E-state index < -0.39 is 23.2 Å². The van der Waals surface area contributed by atoms with Gasteiger partial charge in [-0.1, -0.05) is 18.2 Å². The molecule has 2 aromatic carbocycles. The maximum atomic E-state index is 11.7. The molecule has 0 atom stereocenters. The summed E-state index contributed by atoms with van der Waals surface area (Å²) in [4.78, 5) is 11.7. The molecule has 5 nitrogen and oxygen atoms in total. The first kappa shape index (κ1) is 11.8. The minimum absolute atomic E-state index is 0.0587. The Kier molecular flexibility index (Phi) is 3.05. The van der Waals surface area contributed by atoms with Gasteiger partial charge in [0.05, 0.1) is 5.56 Å². The van der Waals surface area contributed by atoms with Crippen molar-refractivity contribution in [1.29, 1.82) is 0 Å². The first-order valence-electron chi connectivity index (χ1n) is 5.10. The van der Waals surface area contributed by atoms with Gasteiger partial charge in [-0.25, -0.2) is 4.79 Å². The van der Waals surface area contributed by atoms with Crippen LogP contribution in [0.3, 0.4) is 0 Å². The van der Waals surface area contributed by atoms with E-state index in [2.05, 4.69) is 0 Å². The van der Waals surface area contributed by atoms with Crippen LogP contribution in [0.25, 0.3) is 0 Å². The molecule has 0 aromatic heterocycles. The summed E-state index contributed by atoms with van der Waals surface area (Å²) < 4.78 is 4.95. The third kappa shape index (κ3) is 2.35. The predicted octanol–water partition coefficient (Wildman–Crippen LogP) is 2.02. The fourth-order valence-corrected chi connectivity index (χ4v) is 1.38. The molecular weight excluding hydrogens is 236 g/mol. The standard InChI is InChI=1S/C13H10O5/c14-10-6-9(7-11(15)12(10)16)18-13(17)8-4-2-1-3-5-8/h1-7,14-16H. The number of phenols is 3. The number of ether oxygens (including phenoxy) is 1. The van der Waals surface area contributed by atoms with Crippen LogP contribution in [-0.2, 0) is 0 Å². The van der Waals surface area contributed by atoms with E-state index in [-0.39, 0.29) is 5.75 Å². The van der Waals surface area contributed by atoms with Crippen LogP contribution in [0.2, 0.25) is 0 Å². The third-order valence-corrected chi connectivity index (χ3v) is 2.26. The molecule has 0 unspecified atom stereocenters. The van der Waals surface area contributed by atoms with Gasteiger partial charge in [-0.15, -0.1) is 0 Å². The Balaban J connectivity index is 2.23.